The Kier molecular flexibility index (Phi) is 9.53. The molecule has 2 heterocycles. The van der Waals surface area contributed by atoms with Gasteiger partial charge in [0, 0.05) is 49.7 Å². The maximum atomic E-state index is 6.51. The zero-order chi connectivity index (χ0) is 46.8. The highest BCUT2D eigenvalue weighted by Crippen LogP contribution is 2.41. The van der Waals surface area contributed by atoms with Gasteiger partial charge >= 0.3 is 0 Å². The summed E-state index contributed by atoms with van der Waals surface area (Å²) in [6, 6.07) is 96.7. The fourth-order valence-electron chi connectivity index (χ4n) is 10.8. The van der Waals surface area contributed by atoms with Crippen LogP contribution in [-0.2, 0) is 0 Å². The molecule has 0 aliphatic heterocycles. The van der Waals surface area contributed by atoms with Crippen molar-refractivity contribution in [3.63, 3.8) is 0 Å². The Hall–Kier alpha value is -9.44. The Morgan fingerprint density at radius 2 is 0.761 bits per heavy atom. The van der Waals surface area contributed by atoms with Gasteiger partial charge in [-0.1, -0.05) is 182 Å². The predicted octanol–water partition coefficient (Wildman–Crippen LogP) is 19.1. The zero-order valence-corrected chi connectivity index (χ0v) is 38.7. The lowest BCUT2D eigenvalue weighted by atomic mass is 9.98. The number of nitrogens with zero attached hydrogens (tertiary/aromatic N) is 2. The maximum absolute atomic E-state index is 6.51. The van der Waals surface area contributed by atoms with Gasteiger partial charge in [0.05, 0.1) is 11.0 Å². The molecule has 71 heavy (non-hydrogen) atoms. The van der Waals surface area contributed by atoms with E-state index in [0.29, 0.717) is 0 Å². The molecule has 0 radical (unpaired) electrons. The monoisotopic (exact) mass is 904 g/mol. The third-order valence-corrected chi connectivity index (χ3v) is 14.4. The molecule has 2 aromatic heterocycles. The van der Waals surface area contributed by atoms with Crippen molar-refractivity contribution in [3.05, 3.63) is 267 Å². The normalized spacial score (nSPS) is 11.7. The second kappa shape index (κ2) is 16.7. The predicted molar refractivity (Wildman–Crippen MR) is 299 cm³/mol. The smallest absolute Gasteiger partial charge is 0.143 e. The first-order valence-corrected chi connectivity index (χ1v) is 24.3. The van der Waals surface area contributed by atoms with Gasteiger partial charge in [0.25, 0.3) is 0 Å². The minimum absolute atomic E-state index is 0.891. The molecule has 0 N–H and O–H groups in total. The van der Waals surface area contributed by atoms with Gasteiger partial charge in [0.1, 0.15) is 11.2 Å². The second-order valence-electron chi connectivity index (χ2n) is 18.5. The minimum Gasteiger partial charge on any atom is -0.455 e. The molecule has 14 aromatic rings. The van der Waals surface area contributed by atoms with E-state index in [4.69, 9.17) is 4.42 Å². The van der Waals surface area contributed by atoms with Crippen LogP contribution >= 0.6 is 0 Å². The van der Waals surface area contributed by atoms with Crippen molar-refractivity contribution >= 4 is 82.4 Å². The maximum Gasteiger partial charge on any atom is 0.143 e. The summed E-state index contributed by atoms with van der Waals surface area (Å²) in [5.41, 5.74) is 17.9. The fraction of sp³-hybridized carbons (Fsp3) is 0. The first kappa shape index (κ1) is 40.6. The summed E-state index contributed by atoms with van der Waals surface area (Å²) in [6.07, 6.45) is 0. The average molecular weight is 905 g/mol. The highest BCUT2D eigenvalue weighted by Gasteiger charge is 2.18. The Balaban J connectivity index is 0.833. The van der Waals surface area contributed by atoms with E-state index in [1.54, 1.807) is 0 Å². The number of hydrogen-bond donors (Lipinski definition) is 0. The van der Waals surface area contributed by atoms with Gasteiger partial charge in [-0.2, -0.15) is 0 Å². The lowest BCUT2D eigenvalue weighted by Gasteiger charge is -2.26. The van der Waals surface area contributed by atoms with Crippen molar-refractivity contribution in [1.82, 2.24) is 4.57 Å². The molecule has 3 heteroatoms. The molecule has 0 saturated heterocycles. The minimum atomic E-state index is 0.891. The molecule has 0 spiro atoms. The highest BCUT2D eigenvalue weighted by atomic mass is 16.3. The van der Waals surface area contributed by atoms with Gasteiger partial charge in [-0.25, -0.2) is 0 Å². The topological polar surface area (TPSA) is 21.3 Å². The summed E-state index contributed by atoms with van der Waals surface area (Å²) in [5.74, 6) is 0. The van der Waals surface area contributed by atoms with Gasteiger partial charge in [-0.3, -0.25) is 0 Å². The number of furan rings is 1. The lowest BCUT2D eigenvalue weighted by Crippen LogP contribution is -2.10. The number of aromatic nitrogens is 1. The first-order valence-electron chi connectivity index (χ1n) is 24.3. The van der Waals surface area contributed by atoms with Crippen molar-refractivity contribution in [3.8, 4) is 50.2 Å². The molecule has 0 fully saturated rings. The van der Waals surface area contributed by atoms with Gasteiger partial charge < -0.3 is 13.9 Å². The number of hydrogen-bond acceptors (Lipinski definition) is 2. The van der Waals surface area contributed by atoms with Crippen LogP contribution in [0.15, 0.2) is 271 Å². The summed E-state index contributed by atoms with van der Waals surface area (Å²) >= 11 is 0. The Morgan fingerprint density at radius 1 is 0.268 bits per heavy atom. The lowest BCUT2D eigenvalue weighted by molar-refractivity contribution is 0.672. The van der Waals surface area contributed by atoms with E-state index in [9.17, 15) is 0 Å². The van der Waals surface area contributed by atoms with E-state index in [2.05, 4.69) is 276 Å². The van der Waals surface area contributed by atoms with E-state index < -0.39 is 0 Å². The van der Waals surface area contributed by atoms with Crippen LogP contribution < -0.4 is 4.90 Å². The SMILES string of the molecule is c1cc(-c2ccc3oc4c5ccccc5ccc4c3c2)cc(N(c2ccc(-c3ccc(-c4ccc5ccccc5c4)cc3)cc2)c2ccc(-c3cccc(-n4c5ccccc5c5ccccc54)c3)cc2)c1. The van der Waals surface area contributed by atoms with Crippen molar-refractivity contribution in [2.45, 2.75) is 0 Å². The quantitative estimate of drug-likeness (QED) is 0.151. The van der Waals surface area contributed by atoms with Crippen molar-refractivity contribution in [2.75, 3.05) is 4.90 Å². The second-order valence-corrected chi connectivity index (χ2v) is 18.5. The van der Waals surface area contributed by atoms with Crippen molar-refractivity contribution < 1.29 is 4.42 Å². The Bertz CT molecular complexity index is 4280. The molecule has 0 aliphatic rings. The van der Waals surface area contributed by atoms with Gasteiger partial charge in [-0.15, -0.1) is 0 Å². The van der Waals surface area contributed by atoms with Crippen LogP contribution in [-0.4, -0.2) is 4.57 Å². The van der Waals surface area contributed by atoms with Gasteiger partial charge in [0.15, 0.2) is 0 Å². The molecule has 332 valence electrons. The van der Waals surface area contributed by atoms with Crippen LogP contribution in [0.3, 0.4) is 0 Å². The third kappa shape index (κ3) is 7.06. The van der Waals surface area contributed by atoms with E-state index in [0.717, 1.165) is 72.3 Å². The van der Waals surface area contributed by atoms with Crippen LogP contribution in [0.1, 0.15) is 0 Å². The molecule has 0 unspecified atom stereocenters. The molecule has 0 aliphatic carbocycles. The Labute approximate surface area is 411 Å². The van der Waals surface area contributed by atoms with Crippen molar-refractivity contribution in [2.24, 2.45) is 0 Å². The molecule has 14 rings (SSSR count). The summed E-state index contributed by atoms with van der Waals surface area (Å²) in [4.78, 5) is 2.37. The van der Waals surface area contributed by atoms with Crippen LogP contribution in [0.4, 0.5) is 17.1 Å². The standard InChI is InChI=1S/C68H44N2O/c1-2-13-51-41-54(28-27-45(51)11-1)48-25-23-46(24-26-48)47-29-35-56(36-30-47)69(58-16-10-15-53(43-58)55-34-40-67-64(44-55)63-39-33-50-12-3-4-18-60(50)68(63)71-67)57-37-31-49(32-38-57)52-14-9-17-59(42-52)70-65-21-7-5-19-61(65)62-20-6-8-22-66(62)70/h1-44H. The number of anilines is 3. The van der Waals surface area contributed by atoms with Gasteiger partial charge in [0.2, 0.25) is 0 Å². The Morgan fingerprint density at radius 3 is 1.45 bits per heavy atom. The summed E-state index contributed by atoms with van der Waals surface area (Å²) < 4.78 is 8.89. The van der Waals surface area contributed by atoms with Crippen LogP contribution in [0.2, 0.25) is 0 Å². The molecular weight excluding hydrogens is 861 g/mol. The third-order valence-electron chi connectivity index (χ3n) is 14.4. The van der Waals surface area contributed by atoms with E-state index in [1.165, 1.54) is 60.2 Å². The van der Waals surface area contributed by atoms with Crippen molar-refractivity contribution in [1.29, 1.82) is 0 Å². The van der Waals surface area contributed by atoms with E-state index in [1.807, 2.05) is 0 Å². The van der Waals surface area contributed by atoms with E-state index in [-0.39, 0.29) is 0 Å². The molecule has 0 atom stereocenters. The largest absolute Gasteiger partial charge is 0.455 e. The molecule has 0 saturated carbocycles. The van der Waals surface area contributed by atoms with Crippen LogP contribution in [0.5, 0.6) is 0 Å². The first-order chi connectivity index (χ1) is 35.2. The molecule has 0 bridgehead atoms. The molecule has 3 nitrogen and oxygen atoms in total. The number of fused-ring (bicyclic) bond motifs is 9. The molecular formula is C68H44N2O. The average Bonchev–Trinajstić information content (AvgIpc) is 4.00. The number of rotatable bonds is 8. The molecule has 0 amide bonds. The summed E-state index contributed by atoms with van der Waals surface area (Å²) in [6.45, 7) is 0. The number of benzene rings is 12. The summed E-state index contributed by atoms with van der Waals surface area (Å²) in [5, 5.41) is 9.57. The van der Waals surface area contributed by atoms with E-state index >= 15 is 0 Å². The summed E-state index contributed by atoms with van der Waals surface area (Å²) in [7, 11) is 0. The highest BCUT2D eigenvalue weighted by molar-refractivity contribution is 6.15. The fourth-order valence-corrected chi connectivity index (χ4v) is 10.8. The molecule has 12 aromatic carbocycles. The van der Waals surface area contributed by atoms with Crippen LogP contribution in [0, 0.1) is 0 Å². The zero-order valence-electron chi connectivity index (χ0n) is 38.7. The van der Waals surface area contributed by atoms with Gasteiger partial charge in [-0.05, 0) is 146 Å². The number of para-hydroxylation sites is 2. The van der Waals surface area contributed by atoms with Crippen LogP contribution in [0.25, 0.3) is 115 Å².